The molecule has 1 saturated heterocycles. The summed E-state index contributed by atoms with van der Waals surface area (Å²) < 4.78 is 16.2. The van der Waals surface area contributed by atoms with Crippen LogP contribution in [0.15, 0.2) is 43.1 Å². The highest BCUT2D eigenvalue weighted by atomic mass is 35.5. The molecule has 2 N–H and O–H groups in total. The van der Waals surface area contributed by atoms with Gasteiger partial charge in [-0.25, -0.2) is 9.97 Å². The molecule has 1 fully saturated rings. The molecular weight excluding hydrogens is 467 g/mol. The van der Waals surface area contributed by atoms with E-state index in [1.807, 2.05) is 18.2 Å². The van der Waals surface area contributed by atoms with Crippen LogP contribution in [-0.2, 0) is 9.53 Å². The van der Waals surface area contributed by atoms with Crippen molar-refractivity contribution in [2.75, 3.05) is 32.8 Å². The van der Waals surface area contributed by atoms with Gasteiger partial charge in [0.25, 0.3) is 0 Å². The molecule has 0 aliphatic carbocycles. The molecule has 33 heavy (non-hydrogen) atoms. The molecule has 2 heterocycles. The van der Waals surface area contributed by atoms with Gasteiger partial charge in [-0.05, 0) is 23.8 Å². The quantitative estimate of drug-likeness (QED) is 0.483. The molecule has 0 saturated carbocycles. The molecule has 0 spiro atoms. The minimum Gasteiger partial charge on any atom is -0.495 e. The first-order valence-corrected chi connectivity index (χ1v) is 10.8. The fourth-order valence-electron chi connectivity index (χ4n) is 3.64. The highest BCUT2D eigenvalue weighted by Crippen LogP contribution is 2.46. The van der Waals surface area contributed by atoms with Gasteiger partial charge in [-0.3, -0.25) is 4.79 Å². The Labute approximate surface area is 200 Å². The number of methoxy groups -OCH3 is 2. The van der Waals surface area contributed by atoms with Gasteiger partial charge in [0, 0.05) is 23.2 Å². The zero-order valence-corrected chi connectivity index (χ0v) is 19.5. The largest absolute Gasteiger partial charge is 0.495 e. The number of hydrogen-bond donors (Lipinski definition) is 2. The average Bonchev–Trinajstić information content (AvgIpc) is 3.25. The van der Waals surface area contributed by atoms with E-state index in [1.165, 1.54) is 20.3 Å². The molecule has 4 rings (SSSR count). The Hall–Kier alpha value is -3.07. The number of hydrogen-bond acceptors (Lipinski definition) is 7. The standard InChI is InChI=1S/C23H22Cl2N4O4/c1-4-19(30)27-15-10-33-11-16(15)29-23-26-9-13-7-12(5-6-14(13)28-23)20-21(24)17(31-2)8-18(32-3)22(20)25/h4-9,15-16H,1,10-11H2,2-3H3,(H,27,30)(H,26,28,29)/t15-,16+/m0/s1. The number of rotatable bonds is 7. The van der Waals surface area contributed by atoms with Gasteiger partial charge in [-0.1, -0.05) is 35.8 Å². The van der Waals surface area contributed by atoms with Crippen LogP contribution in [-0.4, -0.2) is 55.4 Å². The van der Waals surface area contributed by atoms with Gasteiger partial charge in [-0.2, -0.15) is 0 Å². The molecule has 3 aromatic rings. The summed E-state index contributed by atoms with van der Waals surface area (Å²) in [5, 5.41) is 7.65. The lowest BCUT2D eigenvalue weighted by molar-refractivity contribution is -0.117. The summed E-state index contributed by atoms with van der Waals surface area (Å²) in [5.74, 6) is 1.10. The van der Waals surface area contributed by atoms with Crippen LogP contribution in [0, 0.1) is 0 Å². The average molecular weight is 489 g/mol. The van der Waals surface area contributed by atoms with Crippen LogP contribution < -0.4 is 20.1 Å². The number of anilines is 1. The second-order valence-electron chi connectivity index (χ2n) is 7.36. The van der Waals surface area contributed by atoms with Crippen molar-refractivity contribution >= 4 is 46.0 Å². The summed E-state index contributed by atoms with van der Waals surface area (Å²) in [6.07, 6.45) is 2.94. The van der Waals surface area contributed by atoms with Gasteiger partial charge >= 0.3 is 0 Å². The first-order valence-electron chi connectivity index (χ1n) is 10.1. The number of fused-ring (bicyclic) bond motifs is 1. The Morgan fingerprint density at radius 1 is 1.15 bits per heavy atom. The fourth-order valence-corrected chi connectivity index (χ4v) is 4.36. The maximum absolute atomic E-state index is 11.6. The topological polar surface area (TPSA) is 94.6 Å². The lowest BCUT2D eigenvalue weighted by Gasteiger charge is -2.19. The van der Waals surface area contributed by atoms with Crippen LogP contribution in [0.2, 0.25) is 10.0 Å². The van der Waals surface area contributed by atoms with Gasteiger partial charge in [0.05, 0.1) is 55.1 Å². The summed E-state index contributed by atoms with van der Waals surface area (Å²) in [6.45, 7) is 4.31. The van der Waals surface area contributed by atoms with Gasteiger partial charge in [0.1, 0.15) is 11.5 Å². The first-order chi connectivity index (χ1) is 15.9. The molecule has 0 unspecified atom stereocenters. The molecule has 172 valence electrons. The van der Waals surface area contributed by atoms with Crippen molar-refractivity contribution in [3.8, 4) is 22.6 Å². The molecule has 10 heteroatoms. The molecule has 2 aromatic carbocycles. The molecule has 1 aliphatic heterocycles. The fraction of sp³-hybridized carbons (Fsp3) is 0.261. The summed E-state index contributed by atoms with van der Waals surface area (Å²) in [7, 11) is 3.06. The minimum absolute atomic E-state index is 0.160. The van der Waals surface area contributed by atoms with E-state index >= 15 is 0 Å². The second-order valence-corrected chi connectivity index (χ2v) is 8.11. The van der Waals surface area contributed by atoms with E-state index in [4.69, 9.17) is 37.4 Å². The third-order valence-electron chi connectivity index (χ3n) is 5.35. The van der Waals surface area contributed by atoms with Gasteiger partial charge in [-0.15, -0.1) is 0 Å². The van der Waals surface area contributed by atoms with Crippen molar-refractivity contribution in [2.24, 2.45) is 0 Å². The van der Waals surface area contributed by atoms with Gasteiger partial charge in [0.2, 0.25) is 11.9 Å². The highest BCUT2D eigenvalue weighted by Gasteiger charge is 2.29. The molecule has 1 amide bonds. The van der Waals surface area contributed by atoms with E-state index < -0.39 is 0 Å². The van der Waals surface area contributed by atoms with Gasteiger partial charge < -0.3 is 24.8 Å². The van der Waals surface area contributed by atoms with E-state index in [-0.39, 0.29) is 18.0 Å². The Morgan fingerprint density at radius 3 is 2.52 bits per heavy atom. The van der Waals surface area contributed by atoms with E-state index in [1.54, 1.807) is 12.3 Å². The third kappa shape index (κ3) is 4.68. The number of halogens is 2. The lowest BCUT2D eigenvalue weighted by atomic mass is 10.0. The Morgan fingerprint density at radius 2 is 1.85 bits per heavy atom. The predicted octanol–water partition coefficient (Wildman–Crippen LogP) is 4.10. The van der Waals surface area contributed by atoms with Crippen LogP contribution >= 0.6 is 23.2 Å². The van der Waals surface area contributed by atoms with Crippen molar-refractivity contribution in [1.82, 2.24) is 15.3 Å². The van der Waals surface area contributed by atoms with Crippen LogP contribution in [0.3, 0.4) is 0 Å². The molecule has 1 aliphatic rings. The van der Waals surface area contributed by atoms with Crippen molar-refractivity contribution in [3.63, 3.8) is 0 Å². The van der Waals surface area contributed by atoms with Crippen LogP contribution in [0.25, 0.3) is 22.0 Å². The van der Waals surface area contributed by atoms with Crippen molar-refractivity contribution in [3.05, 3.63) is 53.2 Å². The number of nitrogens with one attached hydrogen (secondary N) is 2. The zero-order valence-electron chi connectivity index (χ0n) is 18.0. The monoisotopic (exact) mass is 488 g/mol. The number of amides is 1. The number of ether oxygens (including phenoxy) is 3. The summed E-state index contributed by atoms with van der Waals surface area (Å²) in [6, 6.07) is 6.91. The summed E-state index contributed by atoms with van der Waals surface area (Å²) in [4.78, 5) is 20.7. The van der Waals surface area contributed by atoms with Crippen molar-refractivity contribution in [1.29, 1.82) is 0 Å². The maximum Gasteiger partial charge on any atom is 0.243 e. The number of carbonyl (C=O) groups is 1. The first kappa shape index (κ1) is 23.1. The number of carbonyl (C=O) groups excluding carboxylic acids is 1. The lowest BCUT2D eigenvalue weighted by Crippen LogP contribution is -2.45. The summed E-state index contributed by atoms with van der Waals surface area (Å²) >= 11 is 13.1. The van der Waals surface area contributed by atoms with Crippen LogP contribution in [0.5, 0.6) is 11.5 Å². The molecule has 8 nitrogen and oxygen atoms in total. The second kappa shape index (κ2) is 9.82. The maximum atomic E-state index is 11.6. The van der Waals surface area contributed by atoms with E-state index in [0.29, 0.717) is 46.3 Å². The normalized spacial score (nSPS) is 17.6. The Bertz CT molecular complexity index is 1190. The summed E-state index contributed by atoms with van der Waals surface area (Å²) in [5.41, 5.74) is 2.10. The van der Waals surface area contributed by atoms with Crippen LogP contribution in [0.4, 0.5) is 5.95 Å². The molecular formula is C23H22Cl2N4O4. The van der Waals surface area contributed by atoms with Gasteiger partial charge in [0.15, 0.2) is 0 Å². The van der Waals surface area contributed by atoms with Crippen molar-refractivity contribution in [2.45, 2.75) is 12.1 Å². The number of benzene rings is 2. The molecule has 0 bridgehead atoms. The van der Waals surface area contributed by atoms with E-state index in [9.17, 15) is 4.79 Å². The number of aromatic nitrogens is 2. The van der Waals surface area contributed by atoms with Crippen LogP contribution in [0.1, 0.15) is 0 Å². The van der Waals surface area contributed by atoms with E-state index in [0.717, 1.165) is 16.5 Å². The SMILES string of the molecule is C=CC(=O)N[C@H]1COC[C@H]1Nc1ncc2cc(-c3c(Cl)c(OC)cc(OC)c3Cl)ccc2n1. The minimum atomic E-state index is -0.254. The Balaban J connectivity index is 1.63. The van der Waals surface area contributed by atoms with Crippen molar-refractivity contribution < 1.29 is 19.0 Å². The Kier molecular flexibility index (Phi) is 6.88. The predicted molar refractivity (Wildman–Crippen MR) is 128 cm³/mol. The smallest absolute Gasteiger partial charge is 0.243 e. The zero-order chi connectivity index (χ0) is 23.5. The molecule has 1 aromatic heterocycles. The highest BCUT2D eigenvalue weighted by molar-refractivity contribution is 6.41. The third-order valence-corrected chi connectivity index (χ3v) is 6.10. The number of nitrogens with zero attached hydrogens (tertiary/aromatic N) is 2. The molecule has 0 radical (unpaired) electrons. The molecule has 2 atom stereocenters. The van der Waals surface area contributed by atoms with E-state index in [2.05, 4.69) is 27.2 Å².